The topological polar surface area (TPSA) is 86.1 Å². The Morgan fingerprint density at radius 2 is 2.03 bits per heavy atom. The molecule has 10 heteroatoms. The summed E-state index contributed by atoms with van der Waals surface area (Å²) in [5.41, 5.74) is 1.09. The van der Waals surface area contributed by atoms with Crippen molar-refractivity contribution in [3.63, 3.8) is 0 Å². The summed E-state index contributed by atoms with van der Waals surface area (Å²) in [6, 6.07) is 10.7. The molecule has 1 amide bonds. The molecule has 0 fully saturated rings. The van der Waals surface area contributed by atoms with E-state index in [9.17, 15) is 14.0 Å². The molecule has 162 valence electrons. The monoisotopic (exact) mass is 462 g/mol. The summed E-state index contributed by atoms with van der Waals surface area (Å²) in [7, 11) is 0. The first-order valence-corrected chi connectivity index (χ1v) is 10.8. The number of amides is 1. The first kappa shape index (κ1) is 22.8. The molecule has 0 unspecified atom stereocenters. The Balaban J connectivity index is 1.59. The number of hydrogen-bond donors (Lipinski definition) is 1. The van der Waals surface area contributed by atoms with E-state index in [0.29, 0.717) is 34.5 Å². The van der Waals surface area contributed by atoms with Crippen LogP contribution in [-0.4, -0.2) is 32.2 Å². The molecule has 1 N–H and O–H groups in total. The summed E-state index contributed by atoms with van der Waals surface area (Å²) in [6.45, 7) is 4.07. The van der Waals surface area contributed by atoms with E-state index in [4.69, 9.17) is 16.3 Å². The standard InChI is InChI=1S/C21H20ClFN4O3S/c1-3-27-19(11-30-18-8-7-15(23)10-17(18)22)25-26-21(27)31-12-20(29)24-16-6-4-5-14(9-16)13(2)28/h4-10H,3,11-12H2,1-2H3,(H,24,29). The molecule has 7 nitrogen and oxygen atoms in total. The van der Waals surface area contributed by atoms with Gasteiger partial charge in [-0.2, -0.15) is 0 Å². The lowest BCUT2D eigenvalue weighted by atomic mass is 10.1. The largest absolute Gasteiger partial charge is 0.484 e. The summed E-state index contributed by atoms with van der Waals surface area (Å²) >= 11 is 7.21. The van der Waals surface area contributed by atoms with Gasteiger partial charge in [0.1, 0.15) is 18.2 Å². The highest BCUT2D eigenvalue weighted by molar-refractivity contribution is 7.99. The van der Waals surface area contributed by atoms with Crippen molar-refractivity contribution in [2.45, 2.75) is 32.2 Å². The van der Waals surface area contributed by atoms with Gasteiger partial charge < -0.3 is 14.6 Å². The molecule has 0 aliphatic rings. The predicted octanol–water partition coefficient (Wildman–Crippen LogP) is 4.60. The number of carbonyl (C=O) groups is 2. The molecule has 0 radical (unpaired) electrons. The van der Waals surface area contributed by atoms with Crippen LogP contribution in [0.15, 0.2) is 47.6 Å². The van der Waals surface area contributed by atoms with Crippen LogP contribution in [0.4, 0.5) is 10.1 Å². The van der Waals surface area contributed by atoms with Gasteiger partial charge in [-0.05, 0) is 44.2 Å². The third kappa shape index (κ3) is 6.05. The van der Waals surface area contributed by atoms with Crippen molar-refractivity contribution in [2.24, 2.45) is 0 Å². The second kappa shape index (κ2) is 10.4. The van der Waals surface area contributed by atoms with Crippen LogP contribution in [0.1, 0.15) is 30.0 Å². The van der Waals surface area contributed by atoms with Crippen molar-refractivity contribution in [2.75, 3.05) is 11.1 Å². The minimum Gasteiger partial charge on any atom is -0.484 e. The third-order valence-electron chi connectivity index (χ3n) is 4.25. The zero-order valence-electron chi connectivity index (χ0n) is 16.9. The van der Waals surface area contributed by atoms with Gasteiger partial charge in [-0.1, -0.05) is 35.5 Å². The SMILES string of the molecule is CCn1c(COc2ccc(F)cc2Cl)nnc1SCC(=O)Nc1cccc(C(C)=O)c1. The van der Waals surface area contributed by atoms with Crippen molar-refractivity contribution in [1.29, 1.82) is 0 Å². The van der Waals surface area contributed by atoms with Gasteiger partial charge >= 0.3 is 0 Å². The molecule has 0 atom stereocenters. The third-order valence-corrected chi connectivity index (χ3v) is 5.51. The Bertz CT molecular complexity index is 1110. The molecule has 0 saturated carbocycles. The number of rotatable bonds is 9. The number of benzene rings is 2. The van der Waals surface area contributed by atoms with E-state index in [2.05, 4.69) is 15.5 Å². The predicted molar refractivity (Wildman–Crippen MR) is 117 cm³/mol. The van der Waals surface area contributed by atoms with Crippen LogP contribution in [0.2, 0.25) is 5.02 Å². The molecule has 0 saturated heterocycles. The van der Waals surface area contributed by atoms with E-state index < -0.39 is 5.82 Å². The number of aromatic nitrogens is 3. The minimum absolute atomic E-state index is 0.0711. The average molecular weight is 463 g/mol. The number of carbonyl (C=O) groups excluding carboxylic acids is 2. The van der Waals surface area contributed by atoms with Gasteiger partial charge in [-0.3, -0.25) is 9.59 Å². The lowest BCUT2D eigenvalue weighted by Gasteiger charge is -2.10. The van der Waals surface area contributed by atoms with E-state index >= 15 is 0 Å². The highest BCUT2D eigenvalue weighted by Gasteiger charge is 2.15. The van der Waals surface area contributed by atoms with Crippen LogP contribution in [0, 0.1) is 5.82 Å². The summed E-state index contributed by atoms with van der Waals surface area (Å²) in [6.07, 6.45) is 0. The number of nitrogens with zero attached hydrogens (tertiary/aromatic N) is 3. The normalized spacial score (nSPS) is 10.7. The fraction of sp³-hybridized carbons (Fsp3) is 0.238. The van der Waals surface area contributed by atoms with Gasteiger partial charge in [0, 0.05) is 17.8 Å². The van der Waals surface area contributed by atoms with Gasteiger partial charge in [0.25, 0.3) is 0 Å². The lowest BCUT2D eigenvalue weighted by molar-refractivity contribution is -0.113. The maximum atomic E-state index is 13.2. The molecule has 1 heterocycles. The first-order chi connectivity index (χ1) is 14.9. The average Bonchev–Trinajstić information content (AvgIpc) is 3.13. The Hall–Kier alpha value is -2.91. The Kier molecular flexibility index (Phi) is 7.64. The van der Waals surface area contributed by atoms with Gasteiger partial charge in [0.2, 0.25) is 5.91 Å². The van der Waals surface area contributed by atoms with Crippen molar-refractivity contribution < 1.29 is 18.7 Å². The van der Waals surface area contributed by atoms with E-state index in [1.165, 1.54) is 36.9 Å². The number of ketones is 1. The number of halogens is 2. The smallest absolute Gasteiger partial charge is 0.234 e. The summed E-state index contributed by atoms with van der Waals surface area (Å²) in [5, 5.41) is 11.8. The van der Waals surface area contributed by atoms with Crippen molar-refractivity contribution in [1.82, 2.24) is 14.8 Å². The van der Waals surface area contributed by atoms with Crippen LogP contribution in [0.25, 0.3) is 0 Å². The van der Waals surface area contributed by atoms with Crippen LogP contribution in [0.5, 0.6) is 5.75 Å². The summed E-state index contributed by atoms with van der Waals surface area (Å²) in [4.78, 5) is 23.8. The van der Waals surface area contributed by atoms with Crippen LogP contribution < -0.4 is 10.1 Å². The van der Waals surface area contributed by atoms with E-state index in [0.717, 1.165) is 0 Å². The van der Waals surface area contributed by atoms with Gasteiger partial charge in [-0.15, -0.1) is 10.2 Å². The zero-order valence-corrected chi connectivity index (χ0v) is 18.5. The van der Waals surface area contributed by atoms with Crippen LogP contribution in [0.3, 0.4) is 0 Å². The highest BCUT2D eigenvalue weighted by Crippen LogP contribution is 2.26. The summed E-state index contributed by atoms with van der Waals surface area (Å²) < 4.78 is 20.6. The minimum atomic E-state index is -0.445. The maximum Gasteiger partial charge on any atom is 0.234 e. The number of hydrogen-bond acceptors (Lipinski definition) is 6. The Morgan fingerprint density at radius 3 is 2.74 bits per heavy atom. The Morgan fingerprint density at radius 1 is 1.23 bits per heavy atom. The Labute approximate surface area is 188 Å². The van der Waals surface area contributed by atoms with Crippen molar-refractivity contribution in [3.8, 4) is 5.75 Å². The molecule has 1 aromatic heterocycles. The van der Waals surface area contributed by atoms with Crippen molar-refractivity contribution in [3.05, 3.63) is 64.7 Å². The lowest BCUT2D eigenvalue weighted by Crippen LogP contribution is -2.15. The van der Waals surface area contributed by atoms with E-state index in [1.807, 2.05) is 11.5 Å². The van der Waals surface area contributed by atoms with Gasteiger partial charge in [-0.25, -0.2) is 4.39 Å². The quantitative estimate of drug-likeness (QED) is 0.369. The molecular weight excluding hydrogens is 443 g/mol. The number of thioether (sulfide) groups is 1. The zero-order chi connectivity index (χ0) is 22.4. The molecule has 0 bridgehead atoms. The summed E-state index contributed by atoms with van der Waals surface area (Å²) in [5.74, 6) is 0.270. The number of Topliss-reactive ketones (excluding diaryl/α,β-unsaturated/α-hetero) is 1. The first-order valence-electron chi connectivity index (χ1n) is 9.41. The fourth-order valence-corrected chi connectivity index (χ4v) is 3.77. The molecule has 3 aromatic rings. The van der Waals surface area contributed by atoms with Crippen molar-refractivity contribution >= 4 is 40.7 Å². The van der Waals surface area contributed by atoms with Crippen LogP contribution in [-0.2, 0) is 17.9 Å². The van der Waals surface area contributed by atoms with Gasteiger partial charge in [0.05, 0.1) is 10.8 Å². The maximum absolute atomic E-state index is 13.2. The molecular formula is C21H20ClFN4O3S. The second-order valence-electron chi connectivity index (χ2n) is 6.48. The van der Waals surface area contributed by atoms with Gasteiger partial charge in [0.15, 0.2) is 16.8 Å². The number of anilines is 1. The molecule has 0 spiro atoms. The number of nitrogens with one attached hydrogen (secondary N) is 1. The number of ether oxygens (including phenoxy) is 1. The highest BCUT2D eigenvalue weighted by atomic mass is 35.5. The van der Waals surface area contributed by atoms with E-state index in [1.54, 1.807) is 24.3 Å². The molecule has 31 heavy (non-hydrogen) atoms. The molecule has 0 aliphatic heterocycles. The van der Waals surface area contributed by atoms with Crippen LogP contribution >= 0.6 is 23.4 Å². The van der Waals surface area contributed by atoms with E-state index in [-0.39, 0.29) is 29.1 Å². The molecule has 2 aromatic carbocycles. The fourth-order valence-electron chi connectivity index (χ4n) is 2.73. The molecule has 3 rings (SSSR count). The second-order valence-corrected chi connectivity index (χ2v) is 7.83. The molecule has 0 aliphatic carbocycles.